The van der Waals surface area contributed by atoms with Crippen LogP contribution in [0.2, 0.25) is 0 Å². The zero-order valence-corrected chi connectivity index (χ0v) is 11.5. The van der Waals surface area contributed by atoms with E-state index in [-0.39, 0.29) is 11.3 Å². The molecular formula is C14H13N3O4. The Kier molecular flexibility index (Phi) is 4.45. The van der Waals surface area contributed by atoms with Gasteiger partial charge in [0.05, 0.1) is 31.7 Å². The summed E-state index contributed by atoms with van der Waals surface area (Å²) in [5.74, 6) is -0.458. The number of carbonyl (C=O) groups is 2. The Bertz CT molecular complexity index is 638. The fraction of sp³-hybridized carbons (Fsp3) is 0.143. The van der Waals surface area contributed by atoms with Gasteiger partial charge in [0.2, 0.25) is 5.88 Å². The van der Waals surface area contributed by atoms with E-state index in [9.17, 15) is 9.59 Å². The number of aromatic nitrogens is 2. The van der Waals surface area contributed by atoms with E-state index in [0.29, 0.717) is 11.6 Å². The van der Waals surface area contributed by atoms with Crippen LogP contribution in [0.4, 0.5) is 5.69 Å². The average Bonchev–Trinajstić information content (AvgIpc) is 2.55. The molecule has 2 heterocycles. The van der Waals surface area contributed by atoms with Gasteiger partial charge in [0, 0.05) is 12.3 Å². The van der Waals surface area contributed by atoms with Crippen molar-refractivity contribution in [1.29, 1.82) is 0 Å². The molecule has 0 aliphatic carbocycles. The molecule has 0 unspecified atom stereocenters. The number of amides is 1. The van der Waals surface area contributed by atoms with E-state index < -0.39 is 11.9 Å². The van der Waals surface area contributed by atoms with Gasteiger partial charge in [-0.1, -0.05) is 0 Å². The van der Waals surface area contributed by atoms with Crippen molar-refractivity contribution in [2.75, 3.05) is 19.5 Å². The van der Waals surface area contributed by atoms with Crippen molar-refractivity contribution in [3.8, 4) is 5.88 Å². The Hall–Kier alpha value is -2.96. The predicted molar refractivity (Wildman–Crippen MR) is 74.3 cm³/mol. The largest absolute Gasteiger partial charge is 0.481 e. The molecule has 108 valence electrons. The number of esters is 1. The molecule has 2 aromatic heterocycles. The minimum Gasteiger partial charge on any atom is -0.481 e. The molecule has 0 bridgehead atoms. The summed E-state index contributed by atoms with van der Waals surface area (Å²) >= 11 is 0. The standard InChI is InChI=1S/C14H13N3O4/c1-20-12-6-4-10(8-16-12)17-13(18)11-5-3-9(7-15-11)14(19)21-2/h3-8H,1-2H3,(H,17,18). The molecule has 21 heavy (non-hydrogen) atoms. The third-order valence-electron chi connectivity index (χ3n) is 2.62. The molecule has 0 aromatic carbocycles. The van der Waals surface area contributed by atoms with Crippen LogP contribution in [0, 0.1) is 0 Å². The molecule has 0 aliphatic heterocycles. The van der Waals surface area contributed by atoms with E-state index in [1.54, 1.807) is 12.1 Å². The lowest BCUT2D eigenvalue weighted by Gasteiger charge is -2.05. The van der Waals surface area contributed by atoms with E-state index in [1.807, 2.05) is 0 Å². The van der Waals surface area contributed by atoms with E-state index in [4.69, 9.17) is 4.74 Å². The predicted octanol–water partition coefficient (Wildman–Crippen LogP) is 1.52. The van der Waals surface area contributed by atoms with Gasteiger partial charge in [-0.2, -0.15) is 0 Å². The fourth-order valence-corrected chi connectivity index (χ4v) is 1.54. The molecule has 0 radical (unpaired) electrons. The lowest BCUT2D eigenvalue weighted by atomic mass is 10.2. The van der Waals surface area contributed by atoms with E-state index in [2.05, 4.69) is 20.0 Å². The fourth-order valence-electron chi connectivity index (χ4n) is 1.54. The first-order valence-corrected chi connectivity index (χ1v) is 6.00. The Morgan fingerprint density at radius 2 is 1.86 bits per heavy atom. The number of hydrogen-bond acceptors (Lipinski definition) is 6. The van der Waals surface area contributed by atoms with Crippen molar-refractivity contribution >= 4 is 17.6 Å². The smallest absolute Gasteiger partial charge is 0.339 e. The Labute approximate surface area is 120 Å². The van der Waals surface area contributed by atoms with Gasteiger partial charge in [0.25, 0.3) is 5.91 Å². The maximum Gasteiger partial charge on any atom is 0.339 e. The third kappa shape index (κ3) is 3.53. The molecular weight excluding hydrogens is 274 g/mol. The zero-order chi connectivity index (χ0) is 15.2. The summed E-state index contributed by atoms with van der Waals surface area (Å²) in [6.45, 7) is 0. The van der Waals surface area contributed by atoms with Gasteiger partial charge >= 0.3 is 5.97 Å². The van der Waals surface area contributed by atoms with Crippen LogP contribution in [-0.4, -0.2) is 36.1 Å². The molecule has 2 aromatic rings. The molecule has 1 amide bonds. The molecule has 7 nitrogen and oxygen atoms in total. The molecule has 7 heteroatoms. The number of nitrogens with one attached hydrogen (secondary N) is 1. The van der Waals surface area contributed by atoms with Gasteiger partial charge in [-0.05, 0) is 18.2 Å². The molecule has 0 atom stereocenters. The quantitative estimate of drug-likeness (QED) is 0.857. The summed E-state index contributed by atoms with van der Waals surface area (Å²) in [6, 6.07) is 6.20. The summed E-state index contributed by atoms with van der Waals surface area (Å²) < 4.78 is 9.48. The molecule has 0 saturated heterocycles. The average molecular weight is 287 g/mol. The number of nitrogens with zero attached hydrogens (tertiary/aromatic N) is 2. The second-order valence-corrected chi connectivity index (χ2v) is 3.97. The number of rotatable bonds is 4. The molecule has 0 spiro atoms. The second kappa shape index (κ2) is 6.47. The molecule has 2 rings (SSSR count). The van der Waals surface area contributed by atoms with Gasteiger partial charge in [-0.15, -0.1) is 0 Å². The van der Waals surface area contributed by atoms with Crippen LogP contribution >= 0.6 is 0 Å². The van der Waals surface area contributed by atoms with Crippen LogP contribution in [0.25, 0.3) is 0 Å². The minimum atomic E-state index is -0.506. The normalized spacial score (nSPS) is 9.81. The Morgan fingerprint density at radius 1 is 1.05 bits per heavy atom. The molecule has 1 N–H and O–H groups in total. The monoisotopic (exact) mass is 287 g/mol. The minimum absolute atomic E-state index is 0.179. The highest BCUT2D eigenvalue weighted by atomic mass is 16.5. The van der Waals surface area contributed by atoms with E-state index >= 15 is 0 Å². The first-order chi connectivity index (χ1) is 10.1. The van der Waals surface area contributed by atoms with Crippen LogP contribution in [0.5, 0.6) is 5.88 Å². The van der Waals surface area contributed by atoms with Crippen LogP contribution in [0.15, 0.2) is 36.7 Å². The Morgan fingerprint density at radius 3 is 2.38 bits per heavy atom. The van der Waals surface area contributed by atoms with Crippen LogP contribution in [0.3, 0.4) is 0 Å². The summed E-state index contributed by atoms with van der Waals surface area (Å²) in [4.78, 5) is 31.1. The molecule has 0 saturated carbocycles. The molecule has 0 fully saturated rings. The van der Waals surface area contributed by atoms with Gasteiger partial charge in [0.15, 0.2) is 0 Å². The number of hydrogen-bond donors (Lipinski definition) is 1. The summed E-state index contributed by atoms with van der Waals surface area (Å²) in [5.41, 5.74) is 0.971. The summed E-state index contributed by atoms with van der Waals surface area (Å²) in [7, 11) is 2.78. The van der Waals surface area contributed by atoms with Gasteiger partial charge in [0.1, 0.15) is 5.69 Å². The van der Waals surface area contributed by atoms with Crippen LogP contribution in [0.1, 0.15) is 20.8 Å². The molecule has 0 aliphatic rings. The lowest BCUT2D eigenvalue weighted by Crippen LogP contribution is -2.14. The van der Waals surface area contributed by atoms with Crippen molar-refractivity contribution < 1.29 is 19.1 Å². The zero-order valence-electron chi connectivity index (χ0n) is 11.5. The first-order valence-electron chi connectivity index (χ1n) is 6.00. The van der Waals surface area contributed by atoms with Crippen LogP contribution < -0.4 is 10.1 Å². The lowest BCUT2D eigenvalue weighted by molar-refractivity contribution is 0.0600. The number of carbonyl (C=O) groups excluding carboxylic acids is 2. The number of anilines is 1. The second-order valence-electron chi connectivity index (χ2n) is 3.97. The van der Waals surface area contributed by atoms with Gasteiger partial charge < -0.3 is 14.8 Å². The van der Waals surface area contributed by atoms with E-state index in [0.717, 1.165) is 0 Å². The highest BCUT2D eigenvalue weighted by molar-refractivity contribution is 6.03. The Balaban J connectivity index is 2.07. The van der Waals surface area contributed by atoms with E-state index in [1.165, 1.54) is 38.7 Å². The number of pyridine rings is 2. The highest BCUT2D eigenvalue weighted by Crippen LogP contribution is 2.12. The highest BCUT2D eigenvalue weighted by Gasteiger charge is 2.10. The van der Waals surface area contributed by atoms with Crippen LogP contribution in [-0.2, 0) is 4.74 Å². The van der Waals surface area contributed by atoms with Gasteiger partial charge in [-0.3, -0.25) is 9.78 Å². The summed E-state index contributed by atoms with van der Waals surface area (Å²) in [6.07, 6.45) is 2.76. The first kappa shape index (κ1) is 14.4. The van der Waals surface area contributed by atoms with Crippen molar-refractivity contribution in [1.82, 2.24) is 9.97 Å². The summed E-state index contributed by atoms with van der Waals surface area (Å²) in [5, 5.41) is 2.64. The maximum atomic E-state index is 12.0. The van der Waals surface area contributed by atoms with Crippen molar-refractivity contribution in [2.45, 2.75) is 0 Å². The van der Waals surface area contributed by atoms with Crippen molar-refractivity contribution in [3.63, 3.8) is 0 Å². The van der Waals surface area contributed by atoms with Crippen molar-refractivity contribution in [3.05, 3.63) is 47.9 Å². The topological polar surface area (TPSA) is 90.4 Å². The maximum absolute atomic E-state index is 12.0. The SMILES string of the molecule is COC(=O)c1ccc(C(=O)Nc2ccc(OC)nc2)nc1. The number of ether oxygens (including phenoxy) is 2. The van der Waals surface area contributed by atoms with Gasteiger partial charge in [-0.25, -0.2) is 9.78 Å². The number of methoxy groups -OCH3 is 2. The van der Waals surface area contributed by atoms with Crippen molar-refractivity contribution in [2.24, 2.45) is 0 Å². The third-order valence-corrected chi connectivity index (χ3v) is 2.62.